The molecule has 1 unspecified atom stereocenters. The summed E-state index contributed by atoms with van der Waals surface area (Å²) in [5.74, 6) is -0.273. The van der Waals surface area contributed by atoms with Gasteiger partial charge in [-0.15, -0.1) is 0 Å². The number of carbonyl (C=O) groups excluding carboxylic acids is 1. The molecule has 0 heterocycles. The Bertz CT molecular complexity index is 532. The normalized spacial score (nSPS) is 11.9. The van der Waals surface area contributed by atoms with Crippen molar-refractivity contribution < 1.29 is 9.53 Å². The van der Waals surface area contributed by atoms with Crippen LogP contribution in [0.2, 0.25) is 0 Å². The number of benzene rings is 2. The van der Waals surface area contributed by atoms with Crippen molar-refractivity contribution in [3.05, 3.63) is 71.3 Å². The summed E-state index contributed by atoms with van der Waals surface area (Å²) in [5.41, 5.74) is 3.13. The molecule has 0 aliphatic rings. The molecule has 0 spiro atoms. The van der Waals surface area contributed by atoms with Gasteiger partial charge >= 0.3 is 5.97 Å². The lowest BCUT2D eigenvalue weighted by Crippen LogP contribution is -2.10. The molecule has 0 radical (unpaired) electrons. The molecule has 0 bridgehead atoms. The van der Waals surface area contributed by atoms with E-state index in [1.165, 1.54) is 6.92 Å². The maximum atomic E-state index is 11.3. The monoisotopic (exact) mass is 240 g/mol. The van der Waals surface area contributed by atoms with Crippen LogP contribution in [0.5, 0.6) is 0 Å². The zero-order chi connectivity index (χ0) is 13.0. The van der Waals surface area contributed by atoms with Crippen LogP contribution in [-0.2, 0) is 9.53 Å². The van der Waals surface area contributed by atoms with Crippen LogP contribution in [0, 0.1) is 6.92 Å². The van der Waals surface area contributed by atoms with Crippen LogP contribution in [0.4, 0.5) is 0 Å². The van der Waals surface area contributed by atoms with Gasteiger partial charge in [-0.05, 0) is 18.1 Å². The number of aryl methyl sites for hydroxylation is 1. The number of carbonyl (C=O) groups is 1. The van der Waals surface area contributed by atoms with Crippen molar-refractivity contribution in [2.24, 2.45) is 0 Å². The molecule has 0 saturated carbocycles. The number of ether oxygens (including phenoxy) is 1. The maximum Gasteiger partial charge on any atom is 0.303 e. The number of rotatable bonds is 3. The molecule has 0 aliphatic carbocycles. The van der Waals surface area contributed by atoms with Gasteiger partial charge in [-0.25, -0.2) is 0 Å². The smallest absolute Gasteiger partial charge is 0.303 e. The van der Waals surface area contributed by atoms with Crippen molar-refractivity contribution in [1.29, 1.82) is 0 Å². The van der Waals surface area contributed by atoms with Crippen LogP contribution in [0.15, 0.2) is 54.6 Å². The van der Waals surface area contributed by atoms with Gasteiger partial charge in [-0.1, -0.05) is 60.2 Å². The van der Waals surface area contributed by atoms with E-state index in [2.05, 4.69) is 0 Å². The fraction of sp³-hybridized carbons (Fsp3) is 0.188. The van der Waals surface area contributed by atoms with Crippen LogP contribution in [-0.4, -0.2) is 5.97 Å². The minimum atomic E-state index is -0.330. The first kappa shape index (κ1) is 12.4. The fourth-order valence-electron chi connectivity index (χ4n) is 1.96. The number of hydrogen-bond acceptors (Lipinski definition) is 2. The number of hydrogen-bond donors (Lipinski definition) is 0. The minimum Gasteiger partial charge on any atom is -0.453 e. The summed E-state index contributed by atoms with van der Waals surface area (Å²) in [7, 11) is 0. The Morgan fingerprint density at radius 2 is 1.67 bits per heavy atom. The largest absolute Gasteiger partial charge is 0.453 e. The van der Waals surface area contributed by atoms with Gasteiger partial charge in [-0.2, -0.15) is 0 Å². The second-order valence-corrected chi connectivity index (χ2v) is 4.31. The average Bonchev–Trinajstić information content (AvgIpc) is 2.37. The van der Waals surface area contributed by atoms with Gasteiger partial charge in [0.1, 0.15) is 0 Å². The van der Waals surface area contributed by atoms with E-state index in [0.29, 0.717) is 0 Å². The molecule has 2 rings (SSSR count). The summed E-state index contributed by atoms with van der Waals surface area (Å²) < 4.78 is 5.44. The Hall–Kier alpha value is -2.09. The van der Waals surface area contributed by atoms with E-state index >= 15 is 0 Å². The predicted molar refractivity (Wildman–Crippen MR) is 71.2 cm³/mol. The Kier molecular flexibility index (Phi) is 3.78. The molecular formula is C16H16O2. The van der Waals surface area contributed by atoms with Crippen LogP contribution in [0.3, 0.4) is 0 Å². The second-order valence-electron chi connectivity index (χ2n) is 4.31. The van der Waals surface area contributed by atoms with E-state index < -0.39 is 0 Å². The fourth-order valence-corrected chi connectivity index (χ4v) is 1.96. The molecule has 0 N–H and O–H groups in total. The van der Waals surface area contributed by atoms with Crippen LogP contribution in [0.25, 0.3) is 0 Å². The van der Waals surface area contributed by atoms with Crippen molar-refractivity contribution in [2.75, 3.05) is 0 Å². The quantitative estimate of drug-likeness (QED) is 0.765. The molecule has 2 heteroatoms. The second kappa shape index (κ2) is 5.50. The standard InChI is InChI=1S/C16H16O2/c1-12-7-6-10-15(11-12)16(18-13(2)17)14-8-4-3-5-9-14/h3-11,16H,1-2H3. The zero-order valence-electron chi connectivity index (χ0n) is 10.6. The van der Waals surface area contributed by atoms with Gasteiger partial charge in [0, 0.05) is 6.92 Å². The topological polar surface area (TPSA) is 26.3 Å². The van der Waals surface area contributed by atoms with E-state index in [9.17, 15) is 4.79 Å². The van der Waals surface area contributed by atoms with E-state index in [1.54, 1.807) is 0 Å². The molecule has 0 aliphatic heterocycles. The molecule has 2 nitrogen and oxygen atoms in total. The lowest BCUT2D eigenvalue weighted by atomic mass is 10.00. The van der Waals surface area contributed by atoms with Crippen molar-refractivity contribution in [3.8, 4) is 0 Å². The summed E-state index contributed by atoms with van der Waals surface area (Å²) in [6.07, 6.45) is -0.330. The number of esters is 1. The summed E-state index contributed by atoms with van der Waals surface area (Å²) in [5, 5.41) is 0. The third kappa shape index (κ3) is 2.98. The van der Waals surface area contributed by atoms with Crippen molar-refractivity contribution in [2.45, 2.75) is 20.0 Å². The van der Waals surface area contributed by atoms with Crippen LogP contribution in [0.1, 0.15) is 29.7 Å². The molecule has 0 saturated heterocycles. The van der Waals surface area contributed by atoms with Gasteiger partial charge < -0.3 is 4.74 Å². The first-order valence-electron chi connectivity index (χ1n) is 5.95. The van der Waals surface area contributed by atoms with E-state index in [-0.39, 0.29) is 12.1 Å². The minimum absolute atomic E-state index is 0.273. The highest BCUT2D eigenvalue weighted by molar-refractivity contribution is 5.66. The first-order chi connectivity index (χ1) is 8.66. The highest BCUT2D eigenvalue weighted by Gasteiger charge is 2.16. The SMILES string of the molecule is CC(=O)OC(c1ccccc1)c1cccc(C)c1. The zero-order valence-corrected chi connectivity index (χ0v) is 10.6. The molecule has 2 aromatic rings. The first-order valence-corrected chi connectivity index (χ1v) is 5.95. The summed E-state index contributed by atoms with van der Waals surface area (Å²) in [6, 6.07) is 17.8. The lowest BCUT2D eigenvalue weighted by Gasteiger charge is -2.18. The summed E-state index contributed by atoms with van der Waals surface area (Å²) in [4.78, 5) is 11.3. The highest BCUT2D eigenvalue weighted by atomic mass is 16.5. The van der Waals surface area contributed by atoms with Crippen LogP contribution < -0.4 is 0 Å². The van der Waals surface area contributed by atoms with Gasteiger partial charge in [0.05, 0.1) is 0 Å². The van der Waals surface area contributed by atoms with Gasteiger partial charge in [0.15, 0.2) is 6.10 Å². The van der Waals surface area contributed by atoms with E-state index in [0.717, 1.165) is 16.7 Å². The Labute approximate surface area is 107 Å². The molecule has 18 heavy (non-hydrogen) atoms. The average molecular weight is 240 g/mol. The lowest BCUT2D eigenvalue weighted by molar-refractivity contribution is -0.144. The summed E-state index contributed by atoms with van der Waals surface area (Å²) >= 11 is 0. The van der Waals surface area contributed by atoms with E-state index in [1.807, 2.05) is 61.5 Å². The van der Waals surface area contributed by atoms with Crippen molar-refractivity contribution >= 4 is 5.97 Å². The molecule has 92 valence electrons. The van der Waals surface area contributed by atoms with Crippen molar-refractivity contribution in [1.82, 2.24) is 0 Å². The van der Waals surface area contributed by atoms with Crippen molar-refractivity contribution in [3.63, 3.8) is 0 Å². The third-order valence-electron chi connectivity index (χ3n) is 2.73. The molecular weight excluding hydrogens is 224 g/mol. The third-order valence-corrected chi connectivity index (χ3v) is 2.73. The maximum absolute atomic E-state index is 11.3. The molecule has 2 aromatic carbocycles. The molecule has 0 amide bonds. The molecule has 0 aromatic heterocycles. The van der Waals surface area contributed by atoms with Gasteiger partial charge in [0.2, 0.25) is 0 Å². The Morgan fingerprint density at radius 1 is 1.00 bits per heavy atom. The molecule has 1 atom stereocenters. The van der Waals surface area contributed by atoms with Gasteiger partial charge in [-0.3, -0.25) is 4.79 Å². The Balaban J connectivity index is 2.40. The highest BCUT2D eigenvalue weighted by Crippen LogP contribution is 2.26. The van der Waals surface area contributed by atoms with Gasteiger partial charge in [0.25, 0.3) is 0 Å². The van der Waals surface area contributed by atoms with E-state index in [4.69, 9.17) is 4.74 Å². The molecule has 0 fully saturated rings. The Morgan fingerprint density at radius 3 is 2.28 bits per heavy atom. The summed E-state index contributed by atoms with van der Waals surface area (Å²) in [6.45, 7) is 3.46. The predicted octanol–water partition coefficient (Wildman–Crippen LogP) is 3.65. The van der Waals surface area contributed by atoms with Crippen LogP contribution >= 0.6 is 0 Å².